The van der Waals surface area contributed by atoms with E-state index in [9.17, 15) is 0 Å². The molecule has 0 atom stereocenters. The van der Waals surface area contributed by atoms with E-state index in [1.165, 1.54) is 0 Å². The molecule has 94 valence electrons. The normalized spacial score (nSPS) is 10.4. The zero-order valence-corrected chi connectivity index (χ0v) is 12.3. The van der Waals surface area contributed by atoms with Crippen molar-refractivity contribution in [2.75, 3.05) is 7.05 Å². The van der Waals surface area contributed by atoms with Crippen molar-refractivity contribution in [3.63, 3.8) is 0 Å². The third kappa shape index (κ3) is 3.05. The lowest BCUT2D eigenvalue weighted by atomic mass is 10.2. The second-order valence-corrected chi connectivity index (χ2v) is 5.04. The summed E-state index contributed by atoms with van der Waals surface area (Å²) in [5.74, 6) is 1.54. The first kappa shape index (κ1) is 13.4. The Kier molecular flexibility index (Phi) is 4.64. The standard InChI is InChI=1S/C14H13BrClNO/c1-17-9-10-12(16)6-4-8-13(10)18-14-7-3-2-5-11(14)15/h2-8,17H,9H2,1H3. The molecular formula is C14H13BrClNO. The molecule has 0 amide bonds. The number of halogens is 2. The highest BCUT2D eigenvalue weighted by Crippen LogP contribution is 2.33. The number of benzene rings is 2. The van der Waals surface area contributed by atoms with Crippen molar-refractivity contribution in [1.29, 1.82) is 0 Å². The monoisotopic (exact) mass is 325 g/mol. The van der Waals surface area contributed by atoms with E-state index in [2.05, 4.69) is 21.2 Å². The van der Waals surface area contributed by atoms with Crippen LogP contribution in [0.25, 0.3) is 0 Å². The lowest BCUT2D eigenvalue weighted by Crippen LogP contribution is -2.07. The molecular weight excluding hydrogens is 314 g/mol. The predicted molar refractivity (Wildman–Crippen MR) is 78.4 cm³/mol. The first-order valence-electron chi connectivity index (χ1n) is 5.56. The number of rotatable bonds is 4. The zero-order valence-electron chi connectivity index (χ0n) is 9.91. The van der Waals surface area contributed by atoms with Crippen molar-refractivity contribution in [1.82, 2.24) is 5.32 Å². The van der Waals surface area contributed by atoms with Gasteiger partial charge in [-0.25, -0.2) is 0 Å². The molecule has 0 aliphatic carbocycles. The summed E-state index contributed by atoms with van der Waals surface area (Å²) in [6.45, 7) is 0.666. The van der Waals surface area contributed by atoms with Gasteiger partial charge < -0.3 is 10.1 Å². The van der Waals surface area contributed by atoms with Crippen molar-refractivity contribution in [3.8, 4) is 11.5 Å². The molecule has 0 saturated heterocycles. The fraction of sp³-hybridized carbons (Fsp3) is 0.143. The Morgan fingerprint density at radius 1 is 1.11 bits per heavy atom. The first-order chi connectivity index (χ1) is 8.72. The number of hydrogen-bond donors (Lipinski definition) is 1. The summed E-state index contributed by atoms with van der Waals surface area (Å²) in [5.41, 5.74) is 0.956. The summed E-state index contributed by atoms with van der Waals surface area (Å²) in [4.78, 5) is 0. The lowest BCUT2D eigenvalue weighted by Gasteiger charge is -2.13. The van der Waals surface area contributed by atoms with Crippen LogP contribution in [0.3, 0.4) is 0 Å². The molecule has 18 heavy (non-hydrogen) atoms. The van der Waals surface area contributed by atoms with Gasteiger partial charge in [-0.05, 0) is 47.2 Å². The molecule has 4 heteroatoms. The maximum atomic E-state index is 6.18. The summed E-state index contributed by atoms with van der Waals surface area (Å²) < 4.78 is 6.82. The maximum absolute atomic E-state index is 6.18. The molecule has 0 aliphatic rings. The topological polar surface area (TPSA) is 21.3 Å². The maximum Gasteiger partial charge on any atom is 0.141 e. The van der Waals surface area contributed by atoms with E-state index in [0.29, 0.717) is 11.6 Å². The van der Waals surface area contributed by atoms with E-state index < -0.39 is 0 Å². The van der Waals surface area contributed by atoms with Crippen LogP contribution in [0, 0.1) is 0 Å². The fourth-order valence-corrected chi connectivity index (χ4v) is 2.23. The summed E-state index contributed by atoms with van der Waals surface area (Å²) in [7, 11) is 1.88. The predicted octanol–water partition coefficient (Wildman–Crippen LogP) is 4.61. The molecule has 2 nitrogen and oxygen atoms in total. The smallest absolute Gasteiger partial charge is 0.141 e. The minimum absolute atomic E-state index is 0.666. The van der Waals surface area contributed by atoms with Crippen LogP contribution in [0.2, 0.25) is 5.02 Å². The molecule has 0 aromatic heterocycles. The lowest BCUT2D eigenvalue weighted by molar-refractivity contribution is 0.471. The molecule has 0 radical (unpaired) electrons. The van der Waals surface area contributed by atoms with Gasteiger partial charge in [0.05, 0.1) is 4.47 Å². The Morgan fingerprint density at radius 2 is 1.83 bits per heavy atom. The van der Waals surface area contributed by atoms with Gasteiger partial charge in [0.2, 0.25) is 0 Å². The molecule has 0 spiro atoms. The van der Waals surface area contributed by atoms with Crippen molar-refractivity contribution < 1.29 is 4.74 Å². The number of hydrogen-bond acceptors (Lipinski definition) is 2. The largest absolute Gasteiger partial charge is 0.456 e. The summed E-state index contributed by atoms with van der Waals surface area (Å²) in [6.07, 6.45) is 0. The molecule has 0 unspecified atom stereocenters. The van der Waals surface area contributed by atoms with E-state index in [0.717, 1.165) is 21.5 Å². The highest BCUT2D eigenvalue weighted by molar-refractivity contribution is 9.10. The van der Waals surface area contributed by atoms with E-state index >= 15 is 0 Å². The Hall–Kier alpha value is -1.03. The zero-order chi connectivity index (χ0) is 13.0. The van der Waals surface area contributed by atoms with Crippen molar-refractivity contribution in [3.05, 3.63) is 57.5 Å². The van der Waals surface area contributed by atoms with Gasteiger partial charge in [0.25, 0.3) is 0 Å². The van der Waals surface area contributed by atoms with E-state index in [4.69, 9.17) is 16.3 Å². The van der Waals surface area contributed by atoms with Crippen molar-refractivity contribution in [2.45, 2.75) is 6.54 Å². The van der Waals surface area contributed by atoms with Crippen LogP contribution in [0.4, 0.5) is 0 Å². The van der Waals surface area contributed by atoms with Gasteiger partial charge in [-0.2, -0.15) is 0 Å². The van der Waals surface area contributed by atoms with Crippen LogP contribution >= 0.6 is 27.5 Å². The summed E-state index contributed by atoms with van der Waals surface area (Å²) in [6, 6.07) is 13.4. The molecule has 0 saturated carbocycles. The molecule has 2 rings (SSSR count). The minimum Gasteiger partial charge on any atom is -0.456 e. The minimum atomic E-state index is 0.666. The molecule has 2 aromatic carbocycles. The Morgan fingerprint density at radius 3 is 2.56 bits per heavy atom. The van der Waals surface area contributed by atoms with E-state index in [1.807, 2.05) is 49.5 Å². The van der Waals surface area contributed by atoms with Crippen LogP contribution in [-0.2, 0) is 6.54 Å². The average molecular weight is 327 g/mol. The van der Waals surface area contributed by atoms with Crippen LogP contribution < -0.4 is 10.1 Å². The quantitative estimate of drug-likeness (QED) is 0.885. The fourth-order valence-electron chi connectivity index (χ4n) is 1.63. The molecule has 0 heterocycles. The molecule has 1 N–H and O–H groups in total. The first-order valence-corrected chi connectivity index (χ1v) is 6.74. The van der Waals surface area contributed by atoms with E-state index in [1.54, 1.807) is 0 Å². The summed E-state index contributed by atoms with van der Waals surface area (Å²) in [5, 5.41) is 3.79. The summed E-state index contributed by atoms with van der Waals surface area (Å²) >= 11 is 9.64. The second kappa shape index (κ2) is 6.23. The van der Waals surface area contributed by atoms with Crippen molar-refractivity contribution in [2.24, 2.45) is 0 Å². The SMILES string of the molecule is CNCc1c(Cl)cccc1Oc1ccccc1Br. The van der Waals surface area contributed by atoms with Crippen LogP contribution in [0.1, 0.15) is 5.56 Å². The van der Waals surface area contributed by atoms with Crippen LogP contribution in [0.5, 0.6) is 11.5 Å². The number of para-hydroxylation sites is 1. The van der Waals surface area contributed by atoms with Crippen LogP contribution in [-0.4, -0.2) is 7.05 Å². The Bertz CT molecular complexity index is 545. The Labute approximate surface area is 120 Å². The third-order valence-electron chi connectivity index (χ3n) is 2.49. The Balaban J connectivity index is 2.34. The highest BCUT2D eigenvalue weighted by Gasteiger charge is 2.09. The van der Waals surface area contributed by atoms with Gasteiger partial charge in [0, 0.05) is 17.1 Å². The van der Waals surface area contributed by atoms with Gasteiger partial charge in [-0.1, -0.05) is 29.8 Å². The third-order valence-corrected chi connectivity index (χ3v) is 3.50. The van der Waals surface area contributed by atoms with Gasteiger partial charge in [0.1, 0.15) is 11.5 Å². The average Bonchev–Trinajstić information content (AvgIpc) is 2.36. The highest BCUT2D eigenvalue weighted by atomic mass is 79.9. The van der Waals surface area contributed by atoms with Crippen LogP contribution in [0.15, 0.2) is 46.9 Å². The number of nitrogens with one attached hydrogen (secondary N) is 1. The van der Waals surface area contributed by atoms with Gasteiger partial charge in [-0.3, -0.25) is 0 Å². The van der Waals surface area contributed by atoms with Gasteiger partial charge in [-0.15, -0.1) is 0 Å². The molecule has 0 bridgehead atoms. The van der Waals surface area contributed by atoms with Gasteiger partial charge >= 0.3 is 0 Å². The molecule has 0 aliphatic heterocycles. The second-order valence-electron chi connectivity index (χ2n) is 3.78. The van der Waals surface area contributed by atoms with Crippen molar-refractivity contribution >= 4 is 27.5 Å². The van der Waals surface area contributed by atoms with Gasteiger partial charge in [0.15, 0.2) is 0 Å². The molecule has 0 fully saturated rings. The molecule has 2 aromatic rings. The number of ether oxygens (including phenoxy) is 1. The van der Waals surface area contributed by atoms with E-state index in [-0.39, 0.29) is 0 Å².